The van der Waals surface area contributed by atoms with E-state index >= 15 is 0 Å². The number of hydrogen-bond donors (Lipinski definition) is 1. The Morgan fingerprint density at radius 2 is 1.62 bits per heavy atom. The molecule has 0 amide bonds. The molecule has 1 heterocycles. The van der Waals surface area contributed by atoms with Crippen LogP contribution in [0.4, 0.5) is 5.69 Å². The Labute approximate surface area is 200 Å². The number of anilines is 1. The average Bonchev–Trinajstić information content (AvgIpc) is 3.37. The van der Waals surface area contributed by atoms with Gasteiger partial charge in [-0.05, 0) is 36.4 Å². The van der Waals surface area contributed by atoms with E-state index in [9.17, 15) is 14.9 Å². The number of methoxy groups -OCH3 is 4. The first-order chi connectivity index (χ1) is 16.4. The zero-order valence-corrected chi connectivity index (χ0v) is 19.7. The summed E-state index contributed by atoms with van der Waals surface area (Å²) in [5, 5.41) is 14.9. The number of carbonyl (C=O) groups excluding carboxylic acids is 2. The van der Waals surface area contributed by atoms with Crippen molar-refractivity contribution in [3.63, 3.8) is 0 Å². The lowest BCUT2D eigenvalue weighted by Crippen LogP contribution is -2.07. The largest absolute Gasteiger partial charge is 0.493 e. The molecule has 0 unspecified atom stereocenters. The number of benzene rings is 2. The van der Waals surface area contributed by atoms with Crippen LogP contribution in [-0.4, -0.2) is 45.4 Å². The van der Waals surface area contributed by atoms with Crippen molar-refractivity contribution in [3.05, 3.63) is 64.1 Å². The van der Waals surface area contributed by atoms with Crippen molar-refractivity contribution in [1.82, 2.24) is 4.98 Å². The number of allylic oxidation sites excluding steroid dienone is 1. The van der Waals surface area contributed by atoms with Crippen molar-refractivity contribution in [1.29, 1.82) is 5.26 Å². The van der Waals surface area contributed by atoms with E-state index in [1.807, 2.05) is 11.4 Å². The number of rotatable bonds is 8. The van der Waals surface area contributed by atoms with Gasteiger partial charge in [-0.3, -0.25) is 0 Å². The van der Waals surface area contributed by atoms with E-state index in [0.717, 1.165) is 5.56 Å². The second-order valence-electron chi connectivity index (χ2n) is 6.70. The molecule has 0 fully saturated rings. The van der Waals surface area contributed by atoms with Gasteiger partial charge in [-0.1, -0.05) is 0 Å². The molecule has 0 aliphatic heterocycles. The van der Waals surface area contributed by atoms with Crippen LogP contribution in [0.5, 0.6) is 11.5 Å². The number of thiazole rings is 1. The minimum Gasteiger partial charge on any atom is -0.493 e. The molecule has 2 aromatic carbocycles. The molecule has 34 heavy (non-hydrogen) atoms. The van der Waals surface area contributed by atoms with E-state index < -0.39 is 11.9 Å². The SMILES string of the molecule is COC(=O)c1cc(NC=C(C#N)c2nc(-c3ccc(OC)c(OC)c3)cs2)cc(C(=O)OC)c1. The van der Waals surface area contributed by atoms with Crippen LogP contribution in [0.2, 0.25) is 0 Å². The molecular formula is C24H21N3O6S. The summed E-state index contributed by atoms with van der Waals surface area (Å²) in [5.41, 5.74) is 2.45. The van der Waals surface area contributed by atoms with Crippen LogP contribution < -0.4 is 14.8 Å². The Kier molecular flexibility index (Phi) is 7.84. The third-order valence-electron chi connectivity index (χ3n) is 4.69. The number of carbonyl (C=O) groups is 2. The molecule has 9 nitrogen and oxygen atoms in total. The van der Waals surface area contributed by atoms with Crippen molar-refractivity contribution in [3.8, 4) is 28.8 Å². The molecule has 0 saturated heterocycles. The number of nitrogens with one attached hydrogen (secondary N) is 1. The summed E-state index contributed by atoms with van der Waals surface area (Å²) >= 11 is 1.30. The number of ether oxygens (including phenoxy) is 4. The second kappa shape index (κ2) is 11.0. The van der Waals surface area contributed by atoms with E-state index in [4.69, 9.17) is 18.9 Å². The topological polar surface area (TPSA) is 120 Å². The summed E-state index contributed by atoms with van der Waals surface area (Å²) < 4.78 is 20.1. The lowest BCUT2D eigenvalue weighted by Gasteiger charge is -2.08. The number of aromatic nitrogens is 1. The fourth-order valence-corrected chi connectivity index (χ4v) is 3.80. The highest BCUT2D eigenvalue weighted by molar-refractivity contribution is 7.11. The lowest BCUT2D eigenvalue weighted by molar-refractivity contribution is 0.0599. The first kappa shape index (κ1) is 24.3. The molecule has 3 rings (SSSR count). The van der Waals surface area contributed by atoms with Crippen LogP contribution in [0, 0.1) is 11.3 Å². The molecular weight excluding hydrogens is 458 g/mol. The monoisotopic (exact) mass is 479 g/mol. The van der Waals surface area contributed by atoms with Gasteiger partial charge in [0.25, 0.3) is 0 Å². The molecule has 3 aromatic rings. The van der Waals surface area contributed by atoms with Crippen LogP contribution in [-0.2, 0) is 9.47 Å². The fraction of sp³-hybridized carbons (Fsp3) is 0.167. The van der Waals surface area contributed by atoms with Crippen LogP contribution in [0.25, 0.3) is 16.8 Å². The van der Waals surface area contributed by atoms with E-state index in [2.05, 4.69) is 16.4 Å². The van der Waals surface area contributed by atoms with Gasteiger partial charge in [-0.25, -0.2) is 14.6 Å². The maximum absolute atomic E-state index is 12.0. The summed E-state index contributed by atoms with van der Waals surface area (Å²) in [6.45, 7) is 0. The highest BCUT2D eigenvalue weighted by atomic mass is 32.1. The first-order valence-electron chi connectivity index (χ1n) is 9.80. The fourth-order valence-electron chi connectivity index (χ4n) is 3.01. The van der Waals surface area contributed by atoms with Gasteiger partial charge in [0, 0.05) is 22.8 Å². The van der Waals surface area contributed by atoms with Gasteiger partial charge in [-0.15, -0.1) is 11.3 Å². The Balaban J connectivity index is 1.90. The molecule has 0 bridgehead atoms. The molecule has 0 aliphatic rings. The minimum absolute atomic E-state index is 0.157. The Hall–Kier alpha value is -4.36. The summed E-state index contributed by atoms with van der Waals surface area (Å²) in [5.74, 6) is -0.0567. The summed E-state index contributed by atoms with van der Waals surface area (Å²) in [6.07, 6.45) is 1.45. The Morgan fingerprint density at radius 1 is 0.971 bits per heavy atom. The van der Waals surface area contributed by atoms with Crippen molar-refractivity contribution < 1.29 is 28.5 Å². The summed E-state index contributed by atoms with van der Waals surface area (Å²) in [4.78, 5) is 28.5. The van der Waals surface area contributed by atoms with Crippen molar-refractivity contribution >= 4 is 34.5 Å². The van der Waals surface area contributed by atoms with Gasteiger partial charge in [0.1, 0.15) is 16.6 Å². The van der Waals surface area contributed by atoms with Gasteiger partial charge < -0.3 is 24.3 Å². The molecule has 10 heteroatoms. The molecule has 0 aliphatic carbocycles. The van der Waals surface area contributed by atoms with E-state index in [-0.39, 0.29) is 16.7 Å². The molecule has 0 atom stereocenters. The maximum atomic E-state index is 12.0. The third kappa shape index (κ3) is 5.33. The quantitative estimate of drug-likeness (QED) is 0.371. The predicted molar refractivity (Wildman–Crippen MR) is 127 cm³/mol. The first-order valence-corrected chi connectivity index (χ1v) is 10.7. The smallest absolute Gasteiger partial charge is 0.337 e. The van der Waals surface area contributed by atoms with E-state index in [0.29, 0.717) is 27.9 Å². The van der Waals surface area contributed by atoms with E-state index in [1.165, 1.54) is 50.0 Å². The molecule has 0 radical (unpaired) electrons. The van der Waals surface area contributed by atoms with Crippen molar-refractivity contribution in [2.45, 2.75) is 0 Å². The number of esters is 2. The number of nitriles is 1. The van der Waals surface area contributed by atoms with Crippen LogP contribution in [0.3, 0.4) is 0 Å². The van der Waals surface area contributed by atoms with Crippen LogP contribution in [0.15, 0.2) is 48.0 Å². The maximum Gasteiger partial charge on any atom is 0.337 e. The van der Waals surface area contributed by atoms with Crippen molar-refractivity contribution in [2.75, 3.05) is 33.8 Å². The van der Waals surface area contributed by atoms with Crippen LogP contribution in [0.1, 0.15) is 25.7 Å². The predicted octanol–water partition coefficient (Wildman–Crippen LogP) is 4.38. The number of hydrogen-bond acceptors (Lipinski definition) is 10. The average molecular weight is 480 g/mol. The zero-order chi connectivity index (χ0) is 24.7. The highest BCUT2D eigenvalue weighted by Crippen LogP contribution is 2.33. The second-order valence-corrected chi connectivity index (χ2v) is 7.56. The van der Waals surface area contributed by atoms with Crippen LogP contribution >= 0.6 is 11.3 Å². The van der Waals surface area contributed by atoms with Gasteiger partial charge in [0.15, 0.2) is 11.5 Å². The van der Waals surface area contributed by atoms with Gasteiger partial charge in [0.2, 0.25) is 0 Å². The van der Waals surface area contributed by atoms with Crippen molar-refractivity contribution in [2.24, 2.45) is 0 Å². The standard InChI is InChI=1S/C24H21N3O6S/c1-30-20-6-5-14(10-21(20)31-2)19-13-34-22(27-19)17(11-25)12-26-18-8-15(23(28)32-3)7-16(9-18)24(29)33-4/h5-10,12-13,26H,1-4H3. The minimum atomic E-state index is -0.613. The molecule has 1 aromatic heterocycles. The normalized spacial score (nSPS) is 10.7. The van der Waals surface area contributed by atoms with Gasteiger partial charge in [0.05, 0.1) is 45.3 Å². The zero-order valence-electron chi connectivity index (χ0n) is 18.9. The molecule has 0 saturated carbocycles. The summed E-state index contributed by atoms with van der Waals surface area (Å²) in [7, 11) is 5.60. The Morgan fingerprint density at radius 3 is 2.18 bits per heavy atom. The third-order valence-corrected chi connectivity index (χ3v) is 5.57. The summed E-state index contributed by atoms with van der Waals surface area (Å²) in [6, 6.07) is 11.9. The van der Waals surface area contributed by atoms with E-state index in [1.54, 1.807) is 26.4 Å². The Bertz CT molecular complexity index is 1260. The van der Waals surface area contributed by atoms with Gasteiger partial charge in [-0.2, -0.15) is 5.26 Å². The number of nitrogens with zero attached hydrogens (tertiary/aromatic N) is 2. The molecule has 174 valence electrons. The van der Waals surface area contributed by atoms with Gasteiger partial charge >= 0.3 is 11.9 Å². The lowest BCUT2D eigenvalue weighted by atomic mass is 10.1. The highest BCUT2D eigenvalue weighted by Gasteiger charge is 2.15. The molecule has 1 N–H and O–H groups in total. The molecule has 0 spiro atoms.